The van der Waals surface area contributed by atoms with Crippen LogP contribution in [0.15, 0.2) is 97.3 Å². The van der Waals surface area contributed by atoms with Gasteiger partial charge in [-0.05, 0) is 16.5 Å². The minimum atomic E-state index is -0.206. The van der Waals surface area contributed by atoms with Gasteiger partial charge in [0.25, 0.3) is 5.91 Å². The van der Waals surface area contributed by atoms with Gasteiger partial charge in [-0.1, -0.05) is 84.9 Å². The van der Waals surface area contributed by atoms with E-state index >= 15 is 0 Å². The fourth-order valence-electron chi connectivity index (χ4n) is 5.44. The smallest absolute Gasteiger partial charge is 0.256 e. The highest BCUT2D eigenvalue weighted by atomic mass is 16.5. The Morgan fingerprint density at radius 1 is 0.824 bits per heavy atom. The second-order valence-electron chi connectivity index (χ2n) is 9.27. The molecule has 0 radical (unpaired) electrons. The van der Waals surface area contributed by atoms with Gasteiger partial charge in [0.15, 0.2) is 0 Å². The van der Waals surface area contributed by atoms with Crippen LogP contribution < -0.4 is 0 Å². The summed E-state index contributed by atoms with van der Waals surface area (Å²) in [7, 11) is 0. The molecule has 0 unspecified atom stereocenters. The maximum absolute atomic E-state index is 13.7. The molecule has 4 aromatic rings. The summed E-state index contributed by atoms with van der Waals surface area (Å²) in [6, 6.07) is 29.4. The van der Waals surface area contributed by atoms with E-state index in [1.165, 1.54) is 11.1 Å². The van der Waals surface area contributed by atoms with Gasteiger partial charge in [0, 0.05) is 37.4 Å². The number of nitrogens with zero attached hydrogens (tertiary/aromatic N) is 3. The lowest BCUT2D eigenvalue weighted by molar-refractivity contribution is -0.173. The number of fused-ring (bicyclic) bond motifs is 1. The van der Waals surface area contributed by atoms with Crippen molar-refractivity contribution in [2.24, 2.45) is 0 Å². The van der Waals surface area contributed by atoms with Crippen LogP contribution in [-0.4, -0.2) is 59.1 Å². The first-order valence-corrected chi connectivity index (χ1v) is 11.8. The molecule has 1 spiro atoms. The third-order valence-corrected chi connectivity index (χ3v) is 7.17. The molecule has 2 aliphatic heterocycles. The molecule has 3 aromatic carbocycles. The average Bonchev–Trinajstić information content (AvgIpc) is 2.88. The second-order valence-corrected chi connectivity index (χ2v) is 9.27. The number of hydrogen-bond donors (Lipinski definition) is 0. The van der Waals surface area contributed by atoms with Crippen LogP contribution in [0.4, 0.5) is 0 Å². The molecule has 34 heavy (non-hydrogen) atoms. The van der Waals surface area contributed by atoms with Gasteiger partial charge in [-0.3, -0.25) is 14.7 Å². The van der Waals surface area contributed by atoms with Crippen LogP contribution in [0, 0.1) is 0 Å². The largest absolute Gasteiger partial charge is 0.377 e. The normalized spacial score (nSPS) is 17.7. The predicted molar refractivity (Wildman–Crippen MR) is 133 cm³/mol. The van der Waals surface area contributed by atoms with Crippen LogP contribution in [0.1, 0.15) is 27.5 Å². The lowest BCUT2D eigenvalue weighted by atomic mass is 9.85. The van der Waals surface area contributed by atoms with Gasteiger partial charge >= 0.3 is 0 Å². The molecular formula is C29H27N3O2. The van der Waals surface area contributed by atoms with Gasteiger partial charge in [0.1, 0.15) is 0 Å². The molecule has 6 rings (SSSR count). The van der Waals surface area contributed by atoms with Crippen LogP contribution in [0.5, 0.6) is 0 Å². The van der Waals surface area contributed by atoms with Gasteiger partial charge in [0.05, 0.1) is 30.4 Å². The monoisotopic (exact) mass is 449 g/mol. The highest BCUT2D eigenvalue weighted by molar-refractivity contribution is 6.06. The molecule has 170 valence electrons. The molecule has 2 aliphatic rings. The highest BCUT2D eigenvalue weighted by Crippen LogP contribution is 2.40. The maximum atomic E-state index is 13.7. The van der Waals surface area contributed by atoms with Crippen molar-refractivity contribution >= 4 is 16.7 Å². The molecule has 5 heteroatoms. The van der Waals surface area contributed by atoms with Crippen molar-refractivity contribution in [2.75, 3.05) is 32.8 Å². The third kappa shape index (κ3) is 3.58. The Kier molecular flexibility index (Phi) is 5.36. The molecule has 0 N–H and O–H groups in total. The van der Waals surface area contributed by atoms with Crippen LogP contribution in [-0.2, 0) is 4.74 Å². The van der Waals surface area contributed by atoms with Crippen molar-refractivity contribution in [3.63, 3.8) is 0 Å². The number of carbonyl (C=O) groups is 1. The predicted octanol–water partition coefficient (Wildman–Crippen LogP) is 4.55. The minimum Gasteiger partial charge on any atom is -0.377 e. The molecule has 2 saturated heterocycles. The number of rotatable bonds is 4. The summed E-state index contributed by atoms with van der Waals surface area (Å²) >= 11 is 0. The lowest BCUT2D eigenvalue weighted by Crippen LogP contribution is -2.72. The fourth-order valence-corrected chi connectivity index (χ4v) is 5.44. The lowest BCUT2D eigenvalue weighted by Gasteiger charge is -2.57. The first-order valence-electron chi connectivity index (χ1n) is 11.8. The molecule has 0 aliphatic carbocycles. The zero-order chi connectivity index (χ0) is 23.0. The molecule has 0 atom stereocenters. The average molecular weight is 450 g/mol. The first-order chi connectivity index (χ1) is 16.8. The van der Waals surface area contributed by atoms with Gasteiger partial charge in [-0.15, -0.1) is 0 Å². The Hall–Kier alpha value is -3.54. The van der Waals surface area contributed by atoms with Crippen LogP contribution >= 0.6 is 0 Å². The van der Waals surface area contributed by atoms with E-state index in [-0.39, 0.29) is 17.5 Å². The fraction of sp³-hybridized carbons (Fsp3) is 0.241. The summed E-state index contributed by atoms with van der Waals surface area (Å²) in [6.07, 6.45) is 3.52. The van der Waals surface area contributed by atoms with E-state index in [1.807, 2.05) is 35.4 Å². The van der Waals surface area contributed by atoms with Crippen LogP contribution in [0.25, 0.3) is 10.8 Å². The van der Waals surface area contributed by atoms with E-state index in [2.05, 4.69) is 70.5 Å². The number of carbonyl (C=O) groups excluding carboxylic acids is 1. The number of aromatic nitrogens is 1. The van der Waals surface area contributed by atoms with Crippen molar-refractivity contribution in [2.45, 2.75) is 11.6 Å². The highest BCUT2D eigenvalue weighted by Gasteiger charge is 2.51. The molecule has 3 heterocycles. The van der Waals surface area contributed by atoms with E-state index in [0.717, 1.165) is 17.3 Å². The van der Waals surface area contributed by atoms with E-state index in [4.69, 9.17) is 4.74 Å². The molecule has 1 aromatic heterocycles. The van der Waals surface area contributed by atoms with Gasteiger partial charge in [0.2, 0.25) is 0 Å². The van der Waals surface area contributed by atoms with Crippen molar-refractivity contribution in [1.82, 2.24) is 14.8 Å². The Bertz CT molecular complexity index is 1260. The number of benzene rings is 3. The zero-order valence-electron chi connectivity index (χ0n) is 19.0. The molecule has 0 bridgehead atoms. The first kappa shape index (κ1) is 21.0. The summed E-state index contributed by atoms with van der Waals surface area (Å²) in [5, 5.41) is 1.94. The molecular weight excluding hydrogens is 422 g/mol. The summed E-state index contributed by atoms with van der Waals surface area (Å²) in [6.45, 7) is 3.34. The second kappa shape index (κ2) is 8.67. The zero-order valence-corrected chi connectivity index (χ0v) is 19.0. The van der Waals surface area contributed by atoms with E-state index in [1.54, 1.807) is 6.20 Å². The van der Waals surface area contributed by atoms with E-state index in [0.29, 0.717) is 31.9 Å². The summed E-state index contributed by atoms with van der Waals surface area (Å²) in [4.78, 5) is 22.6. The van der Waals surface area contributed by atoms with Gasteiger partial charge < -0.3 is 9.64 Å². The van der Waals surface area contributed by atoms with E-state index in [9.17, 15) is 4.79 Å². The molecule has 0 saturated carbocycles. The quantitative estimate of drug-likeness (QED) is 0.459. The molecule has 2 fully saturated rings. The minimum absolute atomic E-state index is 0.0474. The van der Waals surface area contributed by atoms with Gasteiger partial charge in [-0.2, -0.15) is 0 Å². The van der Waals surface area contributed by atoms with Crippen molar-refractivity contribution in [3.8, 4) is 0 Å². The number of piperazine rings is 1. The molecule has 1 amide bonds. The molecule has 5 nitrogen and oxygen atoms in total. The third-order valence-electron chi connectivity index (χ3n) is 7.17. The standard InChI is InChI=1S/C29H27N3O2/c33-28(26-18-30-17-24-13-7-8-14-25(24)26)31-15-16-32(29(19-31)20-34-21-29)27(22-9-3-1-4-10-22)23-11-5-2-6-12-23/h1-14,17-18,27H,15-16,19-21H2. The SMILES string of the molecule is O=C(c1cncc2ccccc12)N1CCN(C(c2ccccc2)c2ccccc2)C2(COC2)C1. The summed E-state index contributed by atoms with van der Waals surface area (Å²) in [5.41, 5.74) is 2.99. The van der Waals surface area contributed by atoms with Crippen LogP contribution in [0.3, 0.4) is 0 Å². The van der Waals surface area contributed by atoms with Crippen molar-refractivity contribution in [1.29, 1.82) is 0 Å². The number of amides is 1. The summed E-state index contributed by atoms with van der Waals surface area (Å²) < 4.78 is 5.78. The Labute approximate surface area is 199 Å². The van der Waals surface area contributed by atoms with Crippen molar-refractivity contribution in [3.05, 3.63) is 114 Å². The number of ether oxygens (including phenoxy) is 1. The van der Waals surface area contributed by atoms with E-state index < -0.39 is 0 Å². The van der Waals surface area contributed by atoms with Crippen molar-refractivity contribution < 1.29 is 9.53 Å². The Morgan fingerprint density at radius 3 is 2.12 bits per heavy atom. The maximum Gasteiger partial charge on any atom is 0.256 e. The van der Waals surface area contributed by atoms with Gasteiger partial charge in [-0.25, -0.2) is 0 Å². The Balaban J connectivity index is 1.34. The number of hydrogen-bond acceptors (Lipinski definition) is 4. The topological polar surface area (TPSA) is 45.7 Å². The summed E-state index contributed by atoms with van der Waals surface area (Å²) in [5.74, 6) is 0.0474. The van der Waals surface area contributed by atoms with Crippen LogP contribution in [0.2, 0.25) is 0 Å². The number of pyridine rings is 1. The Morgan fingerprint density at radius 2 is 1.47 bits per heavy atom.